The number of nitrogens with one attached hydrogen (secondary N) is 2. The van der Waals surface area contributed by atoms with Crippen LogP contribution >= 0.6 is 38.9 Å². The highest BCUT2D eigenvalue weighted by Crippen LogP contribution is 2.31. The van der Waals surface area contributed by atoms with Crippen LogP contribution in [0.15, 0.2) is 10.5 Å². The molecular formula is C8H11BrClN3OS. The quantitative estimate of drug-likeness (QED) is 0.727. The molecule has 0 aliphatic rings. The van der Waals surface area contributed by atoms with Gasteiger partial charge in [0, 0.05) is 29.0 Å². The molecule has 4 N–H and O–H groups in total. The highest BCUT2D eigenvalue weighted by Gasteiger charge is 2.03. The molecule has 0 saturated carbocycles. The standard InChI is InChI=1S/C8H11BrClN3OS/c9-6-3-5(15-7(6)10)4-12-1-2-13-8(11)14/h3,12H,1-2,4H2,(H3,11,13,14). The van der Waals surface area contributed by atoms with Gasteiger partial charge in [0.1, 0.15) is 4.34 Å². The van der Waals surface area contributed by atoms with Gasteiger partial charge in [0.15, 0.2) is 0 Å². The van der Waals surface area contributed by atoms with Crippen molar-refractivity contribution in [1.82, 2.24) is 10.6 Å². The van der Waals surface area contributed by atoms with E-state index in [4.69, 9.17) is 17.3 Å². The predicted octanol–water partition coefficient (Wildman–Crippen LogP) is 1.92. The summed E-state index contributed by atoms with van der Waals surface area (Å²) in [6, 6.07) is 1.47. The van der Waals surface area contributed by atoms with Crippen molar-refractivity contribution in [2.24, 2.45) is 5.73 Å². The molecule has 4 nitrogen and oxygen atoms in total. The van der Waals surface area contributed by atoms with E-state index < -0.39 is 6.03 Å². The molecule has 0 spiro atoms. The third kappa shape index (κ3) is 4.83. The van der Waals surface area contributed by atoms with Crippen molar-refractivity contribution in [1.29, 1.82) is 0 Å². The van der Waals surface area contributed by atoms with Gasteiger partial charge in [0.05, 0.1) is 0 Å². The summed E-state index contributed by atoms with van der Waals surface area (Å²) in [5.41, 5.74) is 4.91. The molecule has 0 fully saturated rings. The maximum Gasteiger partial charge on any atom is 0.312 e. The van der Waals surface area contributed by atoms with Crippen LogP contribution in [0.3, 0.4) is 0 Å². The number of carbonyl (C=O) groups excluding carboxylic acids is 1. The van der Waals surface area contributed by atoms with E-state index in [0.29, 0.717) is 13.1 Å². The molecule has 0 aliphatic heterocycles. The molecule has 0 saturated heterocycles. The summed E-state index contributed by atoms with van der Waals surface area (Å²) in [4.78, 5) is 11.5. The van der Waals surface area contributed by atoms with Crippen LogP contribution < -0.4 is 16.4 Å². The average Bonchev–Trinajstić information content (AvgIpc) is 2.45. The van der Waals surface area contributed by atoms with Crippen LogP contribution in [0.1, 0.15) is 4.88 Å². The van der Waals surface area contributed by atoms with Gasteiger partial charge in [-0.2, -0.15) is 0 Å². The lowest BCUT2D eigenvalue weighted by Gasteiger charge is -2.02. The van der Waals surface area contributed by atoms with Crippen molar-refractivity contribution >= 4 is 44.9 Å². The summed E-state index contributed by atoms with van der Waals surface area (Å²) in [6.07, 6.45) is 0. The molecule has 15 heavy (non-hydrogen) atoms. The Kier molecular flexibility index (Phi) is 5.38. The van der Waals surface area contributed by atoms with Crippen molar-refractivity contribution in [2.45, 2.75) is 6.54 Å². The zero-order valence-corrected chi connectivity index (χ0v) is 11.0. The summed E-state index contributed by atoms with van der Waals surface area (Å²) in [7, 11) is 0. The number of primary amides is 1. The van der Waals surface area contributed by atoms with Crippen LogP contribution in [0.25, 0.3) is 0 Å². The first-order chi connectivity index (χ1) is 7.09. The number of hydrogen-bond donors (Lipinski definition) is 3. The smallest absolute Gasteiger partial charge is 0.312 e. The second kappa shape index (κ2) is 6.32. The van der Waals surface area contributed by atoms with Gasteiger partial charge in [0.2, 0.25) is 0 Å². The molecule has 84 valence electrons. The summed E-state index contributed by atoms with van der Waals surface area (Å²) in [5.74, 6) is 0. The number of rotatable bonds is 5. The third-order valence-electron chi connectivity index (χ3n) is 1.60. The van der Waals surface area contributed by atoms with Crippen molar-refractivity contribution in [2.75, 3.05) is 13.1 Å². The van der Waals surface area contributed by atoms with Gasteiger partial charge >= 0.3 is 6.03 Å². The molecule has 1 rings (SSSR count). The lowest BCUT2D eigenvalue weighted by Crippen LogP contribution is -2.35. The highest BCUT2D eigenvalue weighted by molar-refractivity contribution is 9.10. The lowest BCUT2D eigenvalue weighted by atomic mass is 10.4. The van der Waals surface area contributed by atoms with Crippen LogP contribution in [-0.4, -0.2) is 19.1 Å². The first-order valence-corrected chi connectivity index (χ1v) is 6.26. The van der Waals surface area contributed by atoms with E-state index in [2.05, 4.69) is 26.6 Å². The van der Waals surface area contributed by atoms with Crippen molar-refractivity contribution < 1.29 is 4.79 Å². The molecule has 2 amide bonds. The molecule has 0 unspecified atom stereocenters. The van der Waals surface area contributed by atoms with Crippen LogP contribution in [0.5, 0.6) is 0 Å². The van der Waals surface area contributed by atoms with Gasteiger partial charge in [-0.3, -0.25) is 0 Å². The SMILES string of the molecule is NC(=O)NCCNCc1cc(Br)c(Cl)s1. The summed E-state index contributed by atoms with van der Waals surface area (Å²) >= 11 is 10.7. The number of amides is 2. The normalized spacial score (nSPS) is 10.3. The van der Waals surface area contributed by atoms with Crippen molar-refractivity contribution in [3.63, 3.8) is 0 Å². The Hall–Kier alpha value is -0.300. The van der Waals surface area contributed by atoms with E-state index in [1.54, 1.807) is 0 Å². The second-order valence-electron chi connectivity index (χ2n) is 2.80. The van der Waals surface area contributed by atoms with E-state index in [0.717, 1.165) is 20.2 Å². The van der Waals surface area contributed by atoms with Gasteiger partial charge in [0.25, 0.3) is 0 Å². The maximum atomic E-state index is 10.3. The van der Waals surface area contributed by atoms with Gasteiger partial charge in [-0.25, -0.2) is 4.79 Å². The Morgan fingerprint density at radius 3 is 2.87 bits per heavy atom. The molecular weight excluding hydrogens is 302 g/mol. The molecule has 0 bridgehead atoms. The maximum absolute atomic E-state index is 10.3. The number of hydrogen-bond acceptors (Lipinski definition) is 3. The number of halogens is 2. The monoisotopic (exact) mass is 311 g/mol. The zero-order chi connectivity index (χ0) is 11.3. The predicted molar refractivity (Wildman–Crippen MR) is 66.3 cm³/mol. The summed E-state index contributed by atoms with van der Waals surface area (Å²) in [5, 5.41) is 5.65. The highest BCUT2D eigenvalue weighted by atomic mass is 79.9. The third-order valence-corrected chi connectivity index (χ3v) is 4.07. The van der Waals surface area contributed by atoms with E-state index in [-0.39, 0.29) is 0 Å². The number of thiophene rings is 1. The minimum atomic E-state index is -0.501. The number of carbonyl (C=O) groups is 1. The van der Waals surface area contributed by atoms with Gasteiger partial charge in [-0.1, -0.05) is 11.6 Å². The van der Waals surface area contributed by atoms with Gasteiger partial charge in [-0.05, 0) is 22.0 Å². The van der Waals surface area contributed by atoms with E-state index in [9.17, 15) is 4.79 Å². The Morgan fingerprint density at radius 2 is 2.33 bits per heavy atom. The first kappa shape index (κ1) is 12.8. The molecule has 7 heteroatoms. The molecule has 1 aromatic rings. The molecule has 0 aromatic carbocycles. The first-order valence-electron chi connectivity index (χ1n) is 4.27. The van der Waals surface area contributed by atoms with Crippen molar-refractivity contribution in [3.05, 3.63) is 19.8 Å². The Bertz CT molecular complexity index is 325. The number of nitrogens with two attached hydrogens (primary N) is 1. The number of urea groups is 1. The van der Waals surface area contributed by atoms with Gasteiger partial charge < -0.3 is 16.4 Å². The topological polar surface area (TPSA) is 67.2 Å². The van der Waals surface area contributed by atoms with E-state index in [1.165, 1.54) is 11.3 Å². The second-order valence-corrected chi connectivity index (χ2v) is 5.40. The molecule has 1 aromatic heterocycles. The Morgan fingerprint density at radius 1 is 1.60 bits per heavy atom. The summed E-state index contributed by atoms with van der Waals surface area (Å²) < 4.78 is 1.67. The lowest BCUT2D eigenvalue weighted by molar-refractivity contribution is 0.249. The summed E-state index contributed by atoms with van der Waals surface area (Å²) in [6.45, 7) is 1.93. The minimum absolute atomic E-state index is 0.501. The van der Waals surface area contributed by atoms with Gasteiger partial charge in [-0.15, -0.1) is 11.3 Å². The molecule has 0 atom stereocenters. The molecule has 1 heterocycles. The Balaban J connectivity index is 2.18. The van der Waals surface area contributed by atoms with Crippen LogP contribution in [-0.2, 0) is 6.54 Å². The minimum Gasteiger partial charge on any atom is -0.352 e. The Labute approximate surface area is 105 Å². The van der Waals surface area contributed by atoms with Crippen LogP contribution in [0.4, 0.5) is 4.79 Å². The fraction of sp³-hybridized carbons (Fsp3) is 0.375. The molecule has 0 radical (unpaired) electrons. The zero-order valence-electron chi connectivity index (χ0n) is 7.85. The average molecular weight is 313 g/mol. The van der Waals surface area contributed by atoms with Crippen LogP contribution in [0.2, 0.25) is 4.34 Å². The van der Waals surface area contributed by atoms with E-state index in [1.807, 2.05) is 6.07 Å². The van der Waals surface area contributed by atoms with Crippen LogP contribution in [0, 0.1) is 0 Å². The van der Waals surface area contributed by atoms with E-state index >= 15 is 0 Å². The van der Waals surface area contributed by atoms with Crippen molar-refractivity contribution in [3.8, 4) is 0 Å². The molecule has 0 aliphatic carbocycles. The largest absolute Gasteiger partial charge is 0.352 e. The fourth-order valence-corrected chi connectivity index (χ4v) is 2.72. The fourth-order valence-electron chi connectivity index (χ4n) is 0.964.